The third kappa shape index (κ3) is 31.1. The summed E-state index contributed by atoms with van der Waals surface area (Å²) >= 11 is 0. The molecule has 0 aliphatic carbocycles. The zero-order valence-electron chi connectivity index (χ0n) is 29.1. The highest BCUT2D eigenvalue weighted by atomic mass is 16.6. The summed E-state index contributed by atoms with van der Waals surface area (Å²) in [6.45, 7) is 10.9. The highest BCUT2D eigenvalue weighted by Crippen LogP contribution is 2.05. The molecule has 0 heterocycles. The number of carbonyl (C=O) groups is 2. The van der Waals surface area contributed by atoms with Gasteiger partial charge in [0.2, 0.25) is 0 Å². The summed E-state index contributed by atoms with van der Waals surface area (Å²) in [6, 6.07) is 8.84. The quantitative estimate of drug-likeness (QED) is 0.0740. The van der Waals surface area contributed by atoms with Crippen molar-refractivity contribution >= 4 is 11.9 Å². The Morgan fingerprint density at radius 1 is 0.417 bits per heavy atom. The van der Waals surface area contributed by atoms with Crippen LogP contribution in [0.15, 0.2) is 30.3 Å². The minimum absolute atomic E-state index is 0.151. The second kappa shape index (κ2) is 36.1. The molecule has 0 fully saturated rings. The van der Waals surface area contributed by atoms with Crippen LogP contribution < -0.4 is 0 Å². The van der Waals surface area contributed by atoms with Gasteiger partial charge < -0.3 is 52.1 Å². The number of ether oxygens (including phenoxy) is 11. The van der Waals surface area contributed by atoms with Gasteiger partial charge >= 0.3 is 11.9 Å². The molecule has 0 spiro atoms. The van der Waals surface area contributed by atoms with E-state index >= 15 is 0 Å². The van der Waals surface area contributed by atoms with Crippen molar-refractivity contribution in [2.24, 2.45) is 0 Å². The van der Waals surface area contributed by atoms with Crippen LogP contribution in [0.1, 0.15) is 55.8 Å². The van der Waals surface area contributed by atoms with E-state index in [1.165, 1.54) is 19.3 Å². The predicted octanol–water partition coefficient (Wildman–Crippen LogP) is 3.90. The van der Waals surface area contributed by atoms with Crippen molar-refractivity contribution in [2.75, 3.05) is 132 Å². The van der Waals surface area contributed by atoms with Crippen LogP contribution in [0.25, 0.3) is 0 Å². The number of hydrogen-bond acceptors (Lipinski definition) is 13. The van der Waals surface area contributed by atoms with Crippen molar-refractivity contribution in [3.8, 4) is 0 Å². The van der Waals surface area contributed by atoms with E-state index in [-0.39, 0.29) is 25.2 Å². The molecular formula is C35H60O13. The summed E-state index contributed by atoms with van der Waals surface area (Å²) in [5, 5.41) is 0. The van der Waals surface area contributed by atoms with Gasteiger partial charge in [-0.05, 0) is 18.6 Å². The Balaban J connectivity index is 1.65. The van der Waals surface area contributed by atoms with Gasteiger partial charge in [0.15, 0.2) is 0 Å². The number of unbranched alkanes of at least 4 members (excludes halogenated alkanes) is 4. The summed E-state index contributed by atoms with van der Waals surface area (Å²) in [5.41, 5.74) is 0.523. The molecule has 1 aromatic rings. The lowest BCUT2D eigenvalue weighted by molar-refractivity contribution is -0.145. The summed E-state index contributed by atoms with van der Waals surface area (Å²) in [7, 11) is 0. The maximum atomic E-state index is 11.8. The third-order valence-electron chi connectivity index (χ3n) is 6.42. The fraction of sp³-hybridized carbons (Fsp3) is 0.771. The molecule has 0 saturated heterocycles. The van der Waals surface area contributed by atoms with E-state index in [0.717, 1.165) is 12.8 Å². The number of esters is 2. The number of rotatable bonds is 37. The molecular weight excluding hydrogens is 628 g/mol. The fourth-order valence-corrected chi connectivity index (χ4v) is 3.87. The average Bonchev–Trinajstić information content (AvgIpc) is 3.10. The van der Waals surface area contributed by atoms with Crippen molar-refractivity contribution in [1.82, 2.24) is 0 Å². The third-order valence-corrected chi connectivity index (χ3v) is 6.42. The van der Waals surface area contributed by atoms with Crippen LogP contribution in [-0.4, -0.2) is 144 Å². The average molecular weight is 689 g/mol. The van der Waals surface area contributed by atoms with Gasteiger partial charge in [-0.25, -0.2) is 4.79 Å². The second-order valence-electron chi connectivity index (χ2n) is 10.4. The van der Waals surface area contributed by atoms with Crippen LogP contribution in [0.3, 0.4) is 0 Å². The molecule has 13 heteroatoms. The van der Waals surface area contributed by atoms with E-state index in [1.807, 2.05) is 6.07 Å². The highest BCUT2D eigenvalue weighted by molar-refractivity contribution is 5.89. The Morgan fingerprint density at radius 3 is 1.12 bits per heavy atom. The molecule has 1 rings (SSSR count). The largest absolute Gasteiger partial charge is 0.463 e. The van der Waals surface area contributed by atoms with E-state index in [0.29, 0.717) is 131 Å². The second-order valence-corrected chi connectivity index (χ2v) is 10.4. The molecule has 1 aromatic carbocycles. The molecule has 0 bridgehead atoms. The summed E-state index contributed by atoms with van der Waals surface area (Å²) < 4.78 is 59.3. The van der Waals surface area contributed by atoms with Crippen molar-refractivity contribution in [3.05, 3.63) is 35.9 Å². The monoisotopic (exact) mass is 688 g/mol. The lowest BCUT2D eigenvalue weighted by Gasteiger charge is -2.09. The Kier molecular flexibility index (Phi) is 32.9. The molecule has 0 radical (unpaired) electrons. The van der Waals surface area contributed by atoms with Crippen molar-refractivity contribution in [3.63, 3.8) is 0 Å². The van der Waals surface area contributed by atoms with Crippen molar-refractivity contribution in [2.45, 2.75) is 45.4 Å². The van der Waals surface area contributed by atoms with Crippen molar-refractivity contribution in [1.29, 1.82) is 0 Å². The van der Waals surface area contributed by atoms with E-state index in [9.17, 15) is 9.59 Å². The topological polar surface area (TPSA) is 136 Å². The van der Waals surface area contributed by atoms with Crippen LogP contribution in [0.4, 0.5) is 0 Å². The van der Waals surface area contributed by atoms with E-state index in [4.69, 9.17) is 52.1 Å². The van der Waals surface area contributed by atoms with Crippen LogP contribution in [0, 0.1) is 0 Å². The summed E-state index contributed by atoms with van der Waals surface area (Å²) in [4.78, 5) is 23.4. The Labute approximate surface area is 287 Å². The fourth-order valence-electron chi connectivity index (χ4n) is 3.87. The lowest BCUT2D eigenvalue weighted by atomic mass is 10.1. The minimum atomic E-state index is -0.358. The van der Waals surface area contributed by atoms with Gasteiger partial charge in [0.05, 0.1) is 124 Å². The molecule has 278 valence electrons. The SMILES string of the molecule is CCCCCCCC(=O)OCCOCCOCCOCCOCCOCCOCCOCCOCCOCCOC(=O)c1ccccc1. The van der Waals surface area contributed by atoms with Gasteiger partial charge in [-0.3, -0.25) is 4.79 Å². The normalized spacial score (nSPS) is 11.2. The van der Waals surface area contributed by atoms with Gasteiger partial charge in [0.1, 0.15) is 13.2 Å². The zero-order chi connectivity index (χ0) is 34.4. The molecule has 0 unspecified atom stereocenters. The highest BCUT2D eigenvalue weighted by Gasteiger charge is 2.05. The van der Waals surface area contributed by atoms with Gasteiger partial charge in [-0.1, -0.05) is 50.8 Å². The molecule has 48 heavy (non-hydrogen) atoms. The molecule has 0 amide bonds. The van der Waals surface area contributed by atoms with Crippen molar-refractivity contribution < 1.29 is 61.7 Å². The summed E-state index contributed by atoms with van der Waals surface area (Å²) in [5.74, 6) is -0.510. The molecule has 0 aromatic heterocycles. The van der Waals surface area contributed by atoms with Gasteiger partial charge in [0.25, 0.3) is 0 Å². The van der Waals surface area contributed by atoms with Crippen LogP contribution in [0.5, 0.6) is 0 Å². The molecule has 13 nitrogen and oxygen atoms in total. The first-order valence-electron chi connectivity index (χ1n) is 17.3. The van der Waals surface area contributed by atoms with E-state index in [1.54, 1.807) is 24.3 Å². The van der Waals surface area contributed by atoms with E-state index < -0.39 is 0 Å². The van der Waals surface area contributed by atoms with Gasteiger partial charge in [-0.2, -0.15) is 0 Å². The maximum absolute atomic E-state index is 11.8. The first-order chi connectivity index (χ1) is 23.7. The Bertz CT molecular complexity index is 828. The molecule has 0 saturated carbocycles. The smallest absolute Gasteiger partial charge is 0.338 e. The standard InChI is InChI=1S/C35H60O13/c1-2-3-4-5-9-12-34(36)47-31-29-45-27-25-43-23-21-41-19-17-39-15-13-38-14-16-40-18-20-42-22-24-44-26-28-46-30-32-48-35(37)33-10-7-6-8-11-33/h6-8,10-11H,2-5,9,12-32H2,1H3. The zero-order valence-corrected chi connectivity index (χ0v) is 29.1. The van der Waals surface area contributed by atoms with Gasteiger partial charge in [-0.15, -0.1) is 0 Å². The van der Waals surface area contributed by atoms with Crippen LogP contribution >= 0.6 is 0 Å². The lowest BCUT2D eigenvalue weighted by Crippen LogP contribution is -2.16. The summed E-state index contributed by atoms with van der Waals surface area (Å²) in [6.07, 6.45) is 6.05. The maximum Gasteiger partial charge on any atom is 0.338 e. The van der Waals surface area contributed by atoms with Crippen LogP contribution in [0.2, 0.25) is 0 Å². The molecule has 0 aliphatic heterocycles. The molecule has 0 N–H and O–H groups in total. The Morgan fingerprint density at radius 2 is 0.750 bits per heavy atom. The van der Waals surface area contributed by atoms with Gasteiger partial charge in [0, 0.05) is 6.42 Å². The van der Waals surface area contributed by atoms with Crippen LogP contribution in [-0.2, 0) is 56.9 Å². The Hall–Kier alpha value is -2.20. The first kappa shape index (κ1) is 43.8. The minimum Gasteiger partial charge on any atom is -0.463 e. The number of carbonyl (C=O) groups excluding carboxylic acids is 2. The number of benzene rings is 1. The van der Waals surface area contributed by atoms with E-state index in [2.05, 4.69) is 6.92 Å². The molecule has 0 atom stereocenters. The predicted molar refractivity (Wildman–Crippen MR) is 178 cm³/mol. The first-order valence-corrected chi connectivity index (χ1v) is 17.3. The molecule has 0 aliphatic rings. The number of hydrogen-bond donors (Lipinski definition) is 0.